The van der Waals surface area contributed by atoms with Gasteiger partial charge >= 0.3 is 0 Å². The van der Waals surface area contributed by atoms with E-state index in [4.69, 9.17) is 14.5 Å². The Balaban J connectivity index is 1.29. The Labute approximate surface area is 164 Å². The molecule has 4 aliphatic rings. The van der Waals surface area contributed by atoms with Crippen LogP contribution in [0.1, 0.15) is 49.4 Å². The van der Waals surface area contributed by atoms with E-state index in [1.807, 2.05) is 0 Å². The fraction of sp³-hybridized carbons (Fsp3) is 0.500. The number of hydrogen-bond donors (Lipinski definition) is 0. The average Bonchev–Trinajstić information content (AvgIpc) is 3.59. The van der Waals surface area contributed by atoms with Gasteiger partial charge in [-0.25, -0.2) is 9.97 Å². The van der Waals surface area contributed by atoms with Gasteiger partial charge in [0.2, 0.25) is 0 Å². The fourth-order valence-electron chi connectivity index (χ4n) is 4.14. The lowest BCUT2D eigenvalue weighted by atomic mass is 10.0. The monoisotopic (exact) mass is 376 g/mol. The van der Waals surface area contributed by atoms with E-state index in [1.54, 1.807) is 6.33 Å². The molecular weight excluding hydrogens is 352 g/mol. The van der Waals surface area contributed by atoms with Crippen molar-refractivity contribution in [2.24, 2.45) is 4.99 Å². The molecule has 28 heavy (non-hydrogen) atoms. The lowest BCUT2D eigenvalue weighted by Crippen LogP contribution is -2.44. The number of ether oxygens (including phenoxy) is 2. The summed E-state index contributed by atoms with van der Waals surface area (Å²) in [5, 5.41) is 0. The maximum atomic E-state index is 6.16. The van der Waals surface area contributed by atoms with Crippen molar-refractivity contribution in [2.45, 2.75) is 50.4 Å². The number of anilines is 1. The number of aromatic nitrogens is 2. The Morgan fingerprint density at radius 2 is 2.00 bits per heavy atom. The molecule has 0 unspecified atom stereocenters. The lowest BCUT2D eigenvalue weighted by Gasteiger charge is -2.34. The minimum absolute atomic E-state index is 0.0152. The fourth-order valence-corrected chi connectivity index (χ4v) is 4.14. The number of rotatable bonds is 4. The van der Waals surface area contributed by atoms with Crippen molar-refractivity contribution in [2.75, 3.05) is 24.6 Å². The van der Waals surface area contributed by atoms with Crippen LogP contribution in [-0.4, -0.2) is 46.6 Å². The van der Waals surface area contributed by atoms with E-state index in [0.717, 1.165) is 73.9 Å². The van der Waals surface area contributed by atoms with Crippen LogP contribution < -0.4 is 9.64 Å². The van der Waals surface area contributed by atoms with E-state index in [0.29, 0.717) is 6.54 Å². The molecule has 1 spiro atoms. The standard InChI is InChI=1S/C22H24N4O2/c1-21(4-5-21)28-16-3-2-15-12-23-20(17(15)10-16)18-11-19(25-14-24-18)26-8-9-27-22(13-26)6-7-22/h2-3,10-11,14H,4-9,12-13H2,1H3. The van der Waals surface area contributed by atoms with Gasteiger partial charge in [0.05, 0.1) is 30.2 Å². The molecule has 144 valence electrons. The van der Waals surface area contributed by atoms with Crippen molar-refractivity contribution in [1.29, 1.82) is 0 Å². The van der Waals surface area contributed by atoms with E-state index in [-0.39, 0.29) is 11.2 Å². The summed E-state index contributed by atoms with van der Waals surface area (Å²) in [4.78, 5) is 16.2. The van der Waals surface area contributed by atoms with Crippen LogP contribution in [0.4, 0.5) is 5.82 Å². The molecule has 6 nitrogen and oxygen atoms in total. The van der Waals surface area contributed by atoms with Crippen molar-refractivity contribution in [3.63, 3.8) is 0 Å². The van der Waals surface area contributed by atoms with Crippen molar-refractivity contribution >= 4 is 11.5 Å². The van der Waals surface area contributed by atoms with Gasteiger partial charge in [0, 0.05) is 24.7 Å². The molecule has 3 fully saturated rings. The molecule has 2 aliphatic heterocycles. The summed E-state index contributed by atoms with van der Waals surface area (Å²) < 4.78 is 12.1. The maximum Gasteiger partial charge on any atom is 0.132 e. The zero-order valence-electron chi connectivity index (χ0n) is 16.1. The minimum Gasteiger partial charge on any atom is -0.488 e. The Kier molecular flexibility index (Phi) is 3.39. The molecule has 0 atom stereocenters. The number of fused-ring (bicyclic) bond motifs is 1. The van der Waals surface area contributed by atoms with Crippen LogP contribution in [0, 0.1) is 0 Å². The van der Waals surface area contributed by atoms with Gasteiger partial charge in [-0.05, 0) is 50.3 Å². The summed E-state index contributed by atoms with van der Waals surface area (Å²) >= 11 is 0. The van der Waals surface area contributed by atoms with Gasteiger partial charge in [0.1, 0.15) is 23.5 Å². The third-order valence-corrected chi connectivity index (χ3v) is 6.34. The Morgan fingerprint density at radius 3 is 2.82 bits per heavy atom. The summed E-state index contributed by atoms with van der Waals surface area (Å²) in [6.07, 6.45) is 6.22. The quantitative estimate of drug-likeness (QED) is 0.821. The molecule has 0 amide bonds. The SMILES string of the molecule is CC1(Oc2ccc3c(c2)C(c2cc(N4CCOC5(CC5)C4)ncn2)=NC3)CC1. The van der Waals surface area contributed by atoms with Gasteiger partial charge in [-0.3, -0.25) is 4.99 Å². The summed E-state index contributed by atoms with van der Waals surface area (Å²) in [7, 11) is 0. The highest BCUT2D eigenvalue weighted by molar-refractivity contribution is 6.14. The third kappa shape index (κ3) is 2.87. The smallest absolute Gasteiger partial charge is 0.132 e. The predicted molar refractivity (Wildman–Crippen MR) is 106 cm³/mol. The first-order valence-electron chi connectivity index (χ1n) is 10.2. The topological polar surface area (TPSA) is 59.8 Å². The first kappa shape index (κ1) is 16.5. The summed E-state index contributed by atoms with van der Waals surface area (Å²) in [6.45, 7) is 5.42. The van der Waals surface area contributed by atoms with Crippen LogP contribution in [0.2, 0.25) is 0 Å². The lowest BCUT2D eigenvalue weighted by molar-refractivity contribution is 0.0203. The van der Waals surface area contributed by atoms with Crippen LogP contribution in [0.3, 0.4) is 0 Å². The van der Waals surface area contributed by atoms with Crippen molar-refractivity contribution in [3.8, 4) is 5.75 Å². The average molecular weight is 376 g/mol. The van der Waals surface area contributed by atoms with E-state index >= 15 is 0 Å². The number of hydrogen-bond acceptors (Lipinski definition) is 6. The molecule has 0 bridgehead atoms. The van der Waals surface area contributed by atoms with Gasteiger partial charge < -0.3 is 14.4 Å². The molecule has 1 saturated heterocycles. The molecule has 6 heteroatoms. The maximum absolute atomic E-state index is 6.16. The Bertz CT molecular complexity index is 978. The normalized spacial score (nSPS) is 23.3. The zero-order chi connectivity index (χ0) is 18.8. The van der Waals surface area contributed by atoms with Crippen molar-refractivity contribution < 1.29 is 9.47 Å². The highest BCUT2D eigenvalue weighted by Crippen LogP contribution is 2.43. The summed E-state index contributed by atoms with van der Waals surface area (Å²) in [6, 6.07) is 8.40. The van der Waals surface area contributed by atoms with Gasteiger partial charge in [0.25, 0.3) is 0 Å². The Morgan fingerprint density at radius 1 is 1.11 bits per heavy atom. The molecule has 1 aromatic heterocycles. The molecular formula is C22H24N4O2. The zero-order valence-corrected chi connectivity index (χ0v) is 16.1. The second kappa shape index (κ2) is 5.77. The molecule has 6 rings (SSSR count). The molecule has 2 aromatic rings. The van der Waals surface area contributed by atoms with E-state index in [2.05, 4.69) is 46.1 Å². The highest BCUT2D eigenvalue weighted by Gasteiger charge is 2.47. The number of benzene rings is 1. The van der Waals surface area contributed by atoms with E-state index in [9.17, 15) is 0 Å². The van der Waals surface area contributed by atoms with Crippen molar-refractivity contribution in [1.82, 2.24) is 9.97 Å². The molecule has 0 N–H and O–H groups in total. The highest BCUT2D eigenvalue weighted by atomic mass is 16.5. The first-order chi connectivity index (χ1) is 13.6. The van der Waals surface area contributed by atoms with E-state index in [1.165, 1.54) is 5.56 Å². The van der Waals surface area contributed by atoms with Crippen LogP contribution in [-0.2, 0) is 11.3 Å². The second-order valence-corrected chi connectivity index (χ2v) is 8.75. The van der Waals surface area contributed by atoms with Crippen LogP contribution in [0.25, 0.3) is 0 Å². The van der Waals surface area contributed by atoms with Crippen LogP contribution in [0.15, 0.2) is 35.6 Å². The second-order valence-electron chi connectivity index (χ2n) is 8.75. The number of aliphatic imine (C=N–C) groups is 1. The number of morpholine rings is 1. The molecule has 2 saturated carbocycles. The van der Waals surface area contributed by atoms with Crippen LogP contribution in [0.5, 0.6) is 5.75 Å². The van der Waals surface area contributed by atoms with Gasteiger partial charge in [0.15, 0.2) is 0 Å². The molecule has 1 aromatic carbocycles. The predicted octanol–water partition coefficient (Wildman–Crippen LogP) is 3.13. The van der Waals surface area contributed by atoms with Gasteiger partial charge in [-0.15, -0.1) is 0 Å². The first-order valence-corrected chi connectivity index (χ1v) is 10.2. The number of nitrogens with zero attached hydrogens (tertiary/aromatic N) is 4. The van der Waals surface area contributed by atoms with Crippen molar-refractivity contribution in [3.05, 3.63) is 47.4 Å². The van der Waals surface area contributed by atoms with E-state index < -0.39 is 0 Å². The third-order valence-electron chi connectivity index (χ3n) is 6.34. The molecule has 2 aliphatic carbocycles. The van der Waals surface area contributed by atoms with Gasteiger partial charge in [-0.2, -0.15) is 0 Å². The van der Waals surface area contributed by atoms with Gasteiger partial charge in [-0.1, -0.05) is 6.07 Å². The van der Waals surface area contributed by atoms with Crippen LogP contribution >= 0.6 is 0 Å². The summed E-state index contributed by atoms with van der Waals surface area (Å²) in [5.74, 6) is 1.89. The minimum atomic E-state index is 0.0152. The Hall–Kier alpha value is -2.47. The molecule has 3 heterocycles. The largest absolute Gasteiger partial charge is 0.488 e. The molecule has 0 radical (unpaired) electrons. The summed E-state index contributed by atoms with van der Waals surface area (Å²) in [5.41, 5.74) is 4.28.